The molecule has 0 spiro atoms. The molecule has 1 aliphatic rings. The quantitative estimate of drug-likeness (QED) is 0.700. The molecule has 0 N–H and O–H groups in total. The summed E-state index contributed by atoms with van der Waals surface area (Å²) in [5.41, 5.74) is 3.91. The van der Waals surface area contributed by atoms with Crippen LogP contribution in [0.1, 0.15) is 34.5 Å². The van der Waals surface area contributed by atoms with E-state index in [0.717, 1.165) is 25.3 Å². The van der Waals surface area contributed by atoms with Crippen LogP contribution in [0.15, 0.2) is 52.9 Å². The fourth-order valence-electron chi connectivity index (χ4n) is 3.49. The average molecular weight is 349 g/mol. The zero-order valence-corrected chi connectivity index (χ0v) is 15.2. The van der Waals surface area contributed by atoms with Gasteiger partial charge in [-0.15, -0.1) is 10.2 Å². The van der Waals surface area contributed by atoms with Crippen LogP contribution in [-0.4, -0.2) is 28.2 Å². The van der Waals surface area contributed by atoms with Crippen LogP contribution in [0, 0.1) is 13.8 Å². The van der Waals surface area contributed by atoms with Crippen LogP contribution in [0.4, 0.5) is 0 Å². The van der Waals surface area contributed by atoms with E-state index in [1.807, 2.05) is 19.1 Å². The third-order valence-electron chi connectivity index (χ3n) is 4.81. The van der Waals surface area contributed by atoms with E-state index in [9.17, 15) is 0 Å². The van der Waals surface area contributed by atoms with Crippen molar-refractivity contribution in [3.05, 3.63) is 77.0 Å². The third-order valence-corrected chi connectivity index (χ3v) is 4.81. The zero-order valence-electron chi connectivity index (χ0n) is 15.2. The molecule has 0 saturated heterocycles. The molecular formula is C21H23N3O2. The van der Waals surface area contributed by atoms with Crippen molar-refractivity contribution in [3.63, 3.8) is 0 Å². The van der Waals surface area contributed by atoms with E-state index in [1.54, 1.807) is 0 Å². The lowest BCUT2D eigenvalue weighted by Crippen LogP contribution is -2.37. The van der Waals surface area contributed by atoms with E-state index in [-0.39, 0.29) is 6.04 Å². The van der Waals surface area contributed by atoms with Crippen LogP contribution in [-0.2, 0) is 13.0 Å². The molecule has 5 nitrogen and oxygen atoms in total. The summed E-state index contributed by atoms with van der Waals surface area (Å²) in [4.78, 5) is 2.37. The van der Waals surface area contributed by atoms with E-state index < -0.39 is 0 Å². The first-order chi connectivity index (χ1) is 12.7. The Balaban J connectivity index is 1.49. The number of benzene rings is 2. The first-order valence-electron chi connectivity index (χ1n) is 8.99. The largest absolute Gasteiger partial charge is 0.492 e. The molecule has 2 heterocycles. The summed E-state index contributed by atoms with van der Waals surface area (Å²) in [7, 11) is 0. The highest BCUT2D eigenvalue weighted by Gasteiger charge is 2.30. The Bertz CT molecular complexity index is 890. The van der Waals surface area contributed by atoms with Gasteiger partial charge in [-0.2, -0.15) is 0 Å². The van der Waals surface area contributed by atoms with Crippen molar-refractivity contribution < 1.29 is 9.15 Å². The minimum Gasteiger partial charge on any atom is -0.492 e. The molecule has 5 heteroatoms. The molecular weight excluding hydrogens is 326 g/mol. The highest BCUT2D eigenvalue weighted by atomic mass is 16.5. The van der Waals surface area contributed by atoms with Crippen LogP contribution in [0.2, 0.25) is 0 Å². The molecule has 3 aromatic rings. The monoisotopic (exact) mass is 349 g/mol. The van der Waals surface area contributed by atoms with Gasteiger partial charge < -0.3 is 9.15 Å². The number of aryl methyl sites for hydroxylation is 2. The van der Waals surface area contributed by atoms with Gasteiger partial charge in [0.2, 0.25) is 11.8 Å². The normalized spacial score (nSPS) is 17.1. The summed E-state index contributed by atoms with van der Waals surface area (Å²) >= 11 is 0. The first kappa shape index (κ1) is 16.8. The summed E-state index contributed by atoms with van der Waals surface area (Å²) < 4.78 is 11.7. The predicted molar refractivity (Wildman–Crippen MR) is 99.0 cm³/mol. The number of aromatic nitrogens is 2. The third kappa shape index (κ3) is 3.63. The Morgan fingerprint density at radius 1 is 1.08 bits per heavy atom. The maximum atomic E-state index is 5.96. The van der Waals surface area contributed by atoms with E-state index in [1.165, 1.54) is 16.7 Å². The van der Waals surface area contributed by atoms with Crippen LogP contribution < -0.4 is 4.74 Å². The lowest BCUT2D eigenvalue weighted by atomic mass is 9.94. The minimum atomic E-state index is 0.0900. The maximum absolute atomic E-state index is 5.96. The van der Waals surface area contributed by atoms with Gasteiger partial charge in [-0.05, 0) is 42.2 Å². The minimum absolute atomic E-state index is 0.0900. The fraction of sp³-hybridized carbons (Fsp3) is 0.333. The topological polar surface area (TPSA) is 51.4 Å². The average Bonchev–Trinajstić information content (AvgIpc) is 3.07. The van der Waals surface area contributed by atoms with E-state index in [2.05, 4.69) is 58.4 Å². The van der Waals surface area contributed by atoms with Crippen molar-refractivity contribution in [2.75, 3.05) is 13.2 Å². The Hall–Kier alpha value is -2.66. The van der Waals surface area contributed by atoms with Crippen molar-refractivity contribution in [1.29, 1.82) is 0 Å². The predicted octanol–water partition coefficient (Wildman–Crippen LogP) is 3.86. The van der Waals surface area contributed by atoms with E-state index >= 15 is 0 Å². The SMILES string of the molecule is Cc1cccc(OCCN2Cc3ccccc3C[C@H]2c2nnc(C)o2)c1. The second kappa shape index (κ2) is 7.30. The lowest BCUT2D eigenvalue weighted by molar-refractivity contribution is 0.120. The van der Waals surface area contributed by atoms with Gasteiger partial charge in [0.25, 0.3) is 0 Å². The first-order valence-corrected chi connectivity index (χ1v) is 8.99. The van der Waals surface area contributed by atoms with Gasteiger partial charge in [0, 0.05) is 20.0 Å². The Morgan fingerprint density at radius 3 is 2.69 bits per heavy atom. The zero-order chi connectivity index (χ0) is 17.9. The van der Waals surface area contributed by atoms with Crippen molar-refractivity contribution in [3.8, 4) is 5.75 Å². The van der Waals surface area contributed by atoms with Crippen molar-refractivity contribution >= 4 is 0 Å². The summed E-state index contributed by atoms with van der Waals surface area (Å²) in [6, 6.07) is 16.8. The van der Waals surface area contributed by atoms with E-state index in [4.69, 9.17) is 9.15 Å². The molecule has 0 fully saturated rings. The number of ether oxygens (including phenoxy) is 1. The number of rotatable bonds is 5. The molecule has 0 amide bonds. The number of hydrogen-bond acceptors (Lipinski definition) is 5. The molecule has 2 aromatic carbocycles. The van der Waals surface area contributed by atoms with Crippen LogP contribution in [0.3, 0.4) is 0 Å². The molecule has 0 aliphatic carbocycles. The summed E-state index contributed by atoms with van der Waals surface area (Å²) in [5, 5.41) is 8.29. The van der Waals surface area contributed by atoms with Gasteiger partial charge in [-0.1, -0.05) is 36.4 Å². The second-order valence-electron chi connectivity index (χ2n) is 6.78. The maximum Gasteiger partial charge on any atom is 0.233 e. The lowest BCUT2D eigenvalue weighted by Gasteiger charge is -2.34. The smallest absolute Gasteiger partial charge is 0.233 e. The molecule has 0 bridgehead atoms. The highest BCUT2D eigenvalue weighted by molar-refractivity contribution is 5.31. The second-order valence-corrected chi connectivity index (χ2v) is 6.78. The van der Waals surface area contributed by atoms with Crippen molar-refractivity contribution in [2.45, 2.75) is 32.9 Å². The molecule has 0 unspecified atom stereocenters. The van der Waals surface area contributed by atoms with Crippen LogP contribution in [0.5, 0.6) is 5.75 Å². The highest BCUT2D eigenvalue weighted by Crippen LogP contribution is 2.32. The summed E-state index contributed by atoms with van der Waals surface area (Å²) in [5.74, 6) is 2.20. The van der Waals surface area contributed by atoms with Gasteiger partial charge in [-0.25, -0.2) is 0 Å². The Labute approximate surface area is 153 Å². The molecule has 134 valence electrons. The summed E-state index contributed by atoms with van der Waals surface area (Å²) in [6.07, 6.45) is 0.877. The van der Waals surface area contributed by atoms with Crippen molar-refractivity contribution in [1.82, 2.24) is 15.1 Å². The van der Waals surface area contributed by atoms with Crippen molar-refractivity contribution in [2.24, 2.45) is 0 Å². The van der Waals surface area contributed by atoms with Gasteiger partial charge >= 0.3 is 0 Å². The molecule has 4 rings (SSSR count). The molecule has 26 heavy (non-hydrogen) atoms. The molecule has 1 atom stereocenters. The standard InChI is InChI=1S/C21H23N3O2/c1-15-6-5-9-19(12-15)25-11-10-24-14-18-8-4-3-7-17(18)13-20(24)21-23-22-16(2)26-21/h3-9,12,20H,10-11,13-14H2,1-2H3/t20-/m0/s1. The molecule has 0 saturated carbocycles. The Kier molecular flexibility index (Phi) is 4.71. The van der Waals surface area contributed by atoms with Gasteiger partial charge in [-0.3, -0.25) is 4.90 Å². The Morgan fingerprint density at radius 2 is 1.92 bits per heavy atom. The van der Waals surface area contributed by atoms with Gasteiger partial charge in [0.1, 0.15) is 12.4 Å². The number of fused-ring (bicyclic) bond motifs is 1. The number of nitrogens with zero attached hydrogens (tertiary/aromatic N) is 3. The summed E-state index contributed by atoms with van der Waals surface area (Å²) in [6.45, 7) is 6.18. The number of hydrogen-bond donors (Lipinski definition) is 0. The molecule has 1 aromatic heterocycles. The van der Waals surface area contributed by atoms with Crippen LogP contribution >= 0.6 is 0 Å². The van der Waals surface area contributed by atoms with E-state index in [0.29, 0.717) is 18.4 Å². The van der Waals surface area contributed by atoms with Gasteiger partial charge in [0.15, 0.2) is 0 Å². The fourth-order valence-corrected chi connectivity index (χ4v) is 3.49. The molecule has 1 aliphatic heterocycles. The van der Waals surface area contributed by atoms with Crippen LogP contribution in [0.25, 0.3) is 0 Å². The molecule has 0 radical (unpaired) electrons. The van der Waals surface area contributed by atoms with Gasteiger partial charge in [0.05, 0.1) is 6.04 Å².